The van der Waals surface area contributed by atoms with Gasteiger partial charge in [-0.15, -0.1) is 0 Å². The molecule has 138 valence electrons. The van der Waals surface area contributed by atoms with Crippen LogP contribution in [0.25, 0.3) is 0 Å². The lowest BCUT2D eigenvalue weighted by molar-refractivity contribution is -0.117. The summed E-state index contributed by atoms with van der Waals surface area (Å²) in [4.78, 5) is 39.0. The molecule has 6 nitrogen and oxygen atoms in total. The highest BCUT2D eigenvalue weighted by atomic mass is 16.2. The number of likely N-dealkylation sites (tertiary alicyclic amines) is 1. The van der Waals surface area contributed by atoms with Crippen molar-refractivity contribution >= 4 is 17.5 Å². The number of aromatic nitrogens is 1. The van der Waals surface area contributed by atoms with Gasteiger partial charge in [0.1, 0.15) is 5.69 Å². The molecule has 2 heterocycles. The van der Waals surface area contributed by atoms with Crippen LogP contribution >= 0.6 is 0 Å². The van der Waals surface area contributed by atoms with Gasteiger partial charge in [-0.25, -0.2) is 0 Å². The van der Waals surface area contributed by atoms with Crippen molar-refractivity contribution in [2.24, 2.45) is 18.4 Å². The molecule has 0 saturated carbocycles. The van der Waals surface area contributed by atoms with Gasteiger partial charge in [0.25, 0.3) is 11.5 Å². The van der Waals surface area contributed by atoms with Crippen LogP contribution in [-0.2, 0) is 11.8 Å². The molecule has 0 radical (unpaired) electrons. The van der Waals surface area contributed by atoms with Gasteiger partial charge in [0.05, 0.1) is 5.56 Å². The predicted octanol–water partition coefficient (Wildman–Crippen LogP) is 2.63. The molecule has 0 bridgehead atoms. The Morgan fingerprint density at radius 2 is 1.84 bits per heavy atom. The van der Waals surface area contributed by atoms with Crippen molar-refractivity contribution in [2.75, 3.05) is 18.4 Å². The molecular weight excluding hydrogens is 318 g/mol. The van der Waals surface area contributed by atoms with Gasteiger partial charge in [0.15, 0.2) is 0 Å². The smallest absolute Gasteiger partial charge is 0.274 e. The number of amides is 2. The van der Waals surface area contributed by atoms with Crippen molar-refractivity contribution in [1.82, 2.24) is 9.47 Å². The number of anilines is 1. The average molecular weight is 347 g/mol. The number of hydrogen-bond donors (Lipinski definition) is 1. The molecule has 1 aromatic heterocycles. The number of carbonyl (C=O) groups excluding carboxylic acids is 2. The van der Waals surface area contributed by atoms with E-state index in [1.54, 1.807) is 13.2 Å². The van der Waals surface area contributed by atoms with Gasteiger partial charge in [0.2, 0.25) is 5.91 Å². The first kappa shape index (κ1) is 19.2. The Balaban J connectivity index is 2.21. The Morgan fingerprint density at radius 1 is 1.24 bits per heavy atom. The molecule has 2 amide bonds. The lowest BCUT2D eigenvalue weighted by Crippen LogP contribution is -2.38. The first-order valence-electron chi connectivity index (χ1n) is 8.86. The van der Waals surface area contributed by atoms with Crippen LogP contribution in [0.15, 0.2) is 17.1 Å². The summed E-state index contributed by atoms with van der Waals surface area (Å²) in [7, 11) is 1.59. The van der Waals surface area contributed by atoms with Gasteiger partial charge in [0, 0.05) is 32.8 Å². The summed E-state index contributed by atoms with van der Waals surface area (Å²) in [6.45, 7) is 9.53. The average Bonchev–Trinajstić information content (AvgIpc) is 2.49. The van der Waals surface area contributed by atoms with Crippen LogP contribution in [0.1, 0.15) is 57.3 Å². The molecule has 6 heteroatoms. The van der Waals surface area contributed by atoms with E-state index in [9.17, 15) is 14.4 Å². The number of aryl methyl sites for hydroxylation is 1. The number of piperidine rings is 1. The van der Waals surface area contributed by atoms with Crippen molar-refractivity contribution in [3.63, 3.8) is 0 Å². The highest BCUT2D eigenvalue weighted by Gasteiger charge is 2.23. The summed E-state index contributed by atoms with van der Waals surface area (Å²) in [6.07, 6.45) is 3.83. The largest absolute Gasteiger partial charge is 0.339 e. The SMILES string of the molecule is CC1CCN(C(=O)c2cc(NC(=O)CC(C)(C)C)c(=O)n(C)c2)CC1. The Kier molecular flexibility index (Phi) is 5.70. The minimum Gasteiger partial charge on any atom is -0.339 e. The molecule has 25 heavy (non-hydrogen) atoms. The van der Waals surface area contributed by atoms with Gasteiger partial charge in [-0.05, 0) is 30.2 Å². The summed E-state index contributed by atoms with van der Waals surface area (Å²) in [5, 5.41) is 2.67. The third-order valence-electron chi connectivity index (χ3n) is 4.47. The predicted molar refractivity (Wildman–Crippen MR) is 98.7 cm³/mol. The van der Waals surface area contributed by atoms with Crippen LogP contribution < -0.4 is 10.9 Å². The van der Waals surface area contributed by atoms with E-state index in [1.807, 2.05) is 25.7 Å². The molecule has 1 saturated heterocycles. The van der Waals surface area contributed by atoms with Gasteiger partial charge >= 0.3 is 0 Å². The molecule has 1 aromatic rings. The zero-order valence-electron chi connectivity index (χ0n) is 15.9. The lowest BCUT2D eigenvalue weighted by atomic mass is 9.92. The zero-order valence-corrected chi connectivity index (χ0v) is 15.9. The molecule has 0 aliphatic carbocycles. The molecule has 0 aromatic carbocycles. The fourth-order valence-corrected chi connectivity index (χ4v) is 2.99. The second-order valence-corrected chi connectivity index (χ2v) is 8.32. The van der Waals surface area contributed by atoms with Gasteiger partial charge < -0.3 is 14.8 Å². The topological polar surface area (TPSA) is 71.4 Å². The van der Waals surface area contributed by atoms with E-state index in [2.05, 4.69) is 12.2 Å². The number of nitrogens with one attached hydrogen (secondary N) is 1. The van der Waals surface area contributed by atoms with E-state index in [-0.39, 0.29) is 28.5 Å². The third kappa shape index (κ3) is 5.18. The molecule has 2 rings (SSSR count). The molecule has 1 N–H and O–H groups in total. The van der Waals surface area contributed by atoms with E-state index in [4.69, 9.17) is 0 Å². The fraction of sp³-hybridized carbons (Fsp3) is 0.632. The molecule has 1 fully saturated rings. The second-order valence-electron chi connectivity index (χ2n) is 8.32. The van der Waals surface area contributed by atoms with Crippen LogP contribution in [0.3, 0.4) is 0 Å². The Bertz CT molecular complexity index is 708. The molecule has 0 spiro atoms. The van der Waals surface area contributed by atoms with Crippen LogP contribution in [0.5, 0.6) is 0 Å². The lowest BCUT2D eigenvalue weighted by Gasteiger charge is -2.30. The zero-order chi connectivity index (χ0) is 18.8. The maximum absolute atomic E-state index is 12.7. The first-order valence-corrected chi connectivity index (χ1v) is 8.86. The van der Waals surface area contributed by atoms with Crippen molar-refractivity contribution in [3.8, 4) is 0 Å². The Morgan fingerprint density at radius 3 is 2.40 bits per heavy atom. The van der Waals surface area contributed by atoms with Gasteiger partial charge in [-0.3, -0.25) is 14.4 Å². The summed E-state index contributed by atoms with van der Waals surface area (Å²) in [5.74, 6) is 0.325. The van der Waals surface area contributed by atoms with Crippen LogP contribution in [0.2, 0.25) is 0 Å². The highest BCUT2D eigenvalue weighted by Crippen LogP contribution is 2.20. The van der Waals surface area contributed by atoms with Crippen molar-refractivity contribution < 1.29 is 9.59 Å². The molecule has 1 aliphatic heterocycles. The third-order valence-corrected chi connectivity index (χ3v) is 4.47. The van der Waals surface area contributed by atoms with Crippen molar-refractivity contribution in [2.45, 2.75) is 47.0 Å². The fourth-order valence-electron chi connectivity index (χ4n) is 2.99. The van der Waals surface area contributed by atoms with Gasteiger partial charge in [-0.1, -0.05) is 27.7 Å². The minimum atomic E-state index is -0.314. The number of hydrogen-bond acceptors (Lipinski definition) is 3. The minimum absolute atomic E-state index is 0.0891. The number of pyridine rings is 1. The molecule has 1 aliphatic rings. The van der Waals surface area contributed by atoms with E-state index in [0.717, 1.165) is 25.9 Å². The van der Waals surface area contributed by atoms with Crippen LogP contribution in [0.4, 0.5) is 5.69 Å². The molecular formula is C19H29N3O3. The Hall–Kier alpha value is -2.11. The van der Waals surface area contributed by atoms with E-state index in [1.165, 1.54) is 10.6 Å². The van der Waals surface area contributed by atoms with Crippen molar-refractivity contribution in [1.29, 1.82) is 0 Å². The quantitative estimate of drug-likeness (QED) is 0.914. The van der Waals surface area contributed by atoms with E-state index >= 15 is 0 Å². The van der Waals surface area contributed by atoms with Gasteiger partial charge in [-0.2, -0.15) is 0 Å². The van der Waals surface area contributed by atoms with E-state index < -0.39 is 0 Å². The van der Waals surface area contributed by atoms with Crippen LogP contribution in [-0.4, -0.2) is 34.4 Å². The number of rotatable bonds is 3. The van der Waals surface area contributed by atoms with Crippen molar-refractivity contribution in [3.05, 3.63) is 28.2 Å². The first-order chi connectivity index (χ1) is 11.6. The number of carbonyl (C=O) groups is 2. The second kappa shape index (κ2) is 7.42. The maximum atomic E-state index is 12.7. The molecule has 0 atom stereocenters. The summed E-state index contributed by atoms with van der Waals surface area (Å²) in [5.41, 5.74) is 0.106. The maximum Gasteiger partial charge on any atom is 0.274 e. The Labute approximate surface area is 149 Å². The normalized spacial score (nSPS) is 16.0. The standard InChI is InChI=1S/C19H29N3O3/c1-13-6-8-22(9-7-13)17(24)14-10-15(18(25)21(5)12-14)20-16(23)11-19(2,3)4/h10,12-13H,6-9,11H2,1-5H3,(H,20,23). The van der Waals surface area contributed by atoms with Crippen LogP contribution in [0, 0.1) is 11.3 Å². The summed E-state index contributed by atoms with van der Waals surface area (Å²) in [6, 6.07) is 1.50. The molecule has 0 unspecified atom stereocenters. The van der Waals surface area contributed by atoms with E-state index in [0.29, 0.717) is 17.9 Å². The summed E-state index contributed by atoms with van der Waals surface area (Å²) >= 11 is 0. The number of nitrogens with zero attached hydrogens (tertiary/aromatic N) is 2. The summed E-state index contributed by atoms with van der Waals surface area (Å²) < 4.78 is 1.35. The highest BCUT2D eigenvalue weighted by molar-refractivity contribution is 5.97. The monoisotopic (exact) mass is 347 g/mol.